The lowest BCUT2D eigenvalue weighted by molar-refractivity contribution is 0.591. The van der Waals surface area contributed by atoms with Gasteiger partial charge in [-0.05, 0) is 25.8 Å². The van der Waals surface area contributed by atoms with Crippen LogP contribution in [0.15, 0.2) is 24.5 Å². The second kappa shape index (κ2) is 6.14. The predicted molar refractivity (Wildman–Crippen MR) is 71.5 cm³/mol. The fourth-order valence-corrected chi connectivity index (χ4v) is 1.79. The third kappa shape index (κ3) is 3.55. The Morgan fingerprint density at radius 1 is 1.33 bits per heavy atom. The van der Waals surface area contributed by atoms with Crippen LogP contribution < -0.4 is 5.32 Å². The van der Waals surface area contributed by atoms with Gasteiger partial charge in [0.2, 0.25) is 0 Å². The maximum atomic E-state index is 4.37. The summed E-state index contributed by atoms with van der Waals surface area (Å²) in [5.41, 5.74) is 1.08. The molecular formula is C13H19N5. The van der Waals surface area contributed by atoms with Gasteiger partial charge >= 0.3 is 0 Å². The van der Waals surface area contributed by atoms with Gasteiger partial charge in [-0.25, -0.2) is 9.97 Å². The molecule has 0 atom stereocenters. The molecule has 2 aromatic rings. The number of rotatable bonds is 6. The summed E-state index contributed by atoms with van der Waals surface area (Å²) < 4.78 is 1.93. The lowest BCUT2D eigenvalue weighted by Crippen LogP contribution is -2.09. The molecule has 0 spiro atoms. The quantitative estimate of drug-likeness (QED) is 0.791. The van der Waals surface area contributed by atoms with Gasteiger partial charge in [-0.15, -0.1) is 0 Å². The number of nitrogens with one attached hydrogen (secondary N) is 1. The molecule has 1 N–H and O–H groups in total. The van der Waals surface area contributed by atoms with Crippen molar-refractivity contribution < 1.29 is 0 Å². The molecule has 0 unspecified atom stereocenters. The van der Waals surface area contributed by atoms with Crippen molar-refractivity contribution in [1.29, 1.82) is 0 Å². The van der Waals surface area contributed by atoms with Crippen LogP contribution in [0.3, 0.4) is 0 Å². The molecule has 0 bridgehead atoms. The largest absolute Gasteiger partial charge is 0.370 e. The molecule has 2 aromatic heterocycles. The molecule has 0 amide bonds. The second-order valence-corrected chi connectivity index (χ2v) is 4.19. The van der Waals surface area contributed by atoms with Crippen molar-refractivity contribution in [2.75, 3.05) is 11.9 Å². The smallest absolute Gasteiger partial charge is 0.129 e. The van der Waals surface area contributed by atoms with Crippen molar-refractivity contribution in [3.63, 3.8) is 0 Å². The Kier molecular flexibility index (Phi) is 4.28. The molecule has 0 aliphatic heterocycles. The van der Waals surface area contributed by atoms with Gasteiger partial charge in [0.05, 0.1) is 0 Å². The van der Waals surface area contributed by atoms with Crippen molar-refractivity contribution >= 4 is 5.82 Å². The molecule has 0 fully saturated rings. The predicted octanol–water partition coefficient (Wildman–Crippen LogP) is 2.05. The molecule has 5 nitrogen and oxygen atoms in total. The van der Waals surface area contributed by atoms with Crippen LogP contribution in [0.1, 0.15) is 24.9 Å². The van der Waals surface area contributed by atoms with Crippen molar-refractivity contribution in [3.8, 4) is 0 Å². The van der Waals surface area contributed by atoms with Crippen LogP contribution in [0.5, 0.6) is 0 Å². The van der Waals surface area contributed by atoms with Gasteiger partial charge in [-0.1, -0.05) is 6.92 Å². The van der Waals surface area contributed by atoms with E-state index in [1.807, 2.05) is 29.9 Å². The zero-order valence-corrected chi connectivity index (χ0v) is 10.9. The summed E-state index contributed by atoms with van der Waals surface area (Å²) in [5.74, 6) is 1.74. The molecule has 96 valence electrons. The number of hydrogen-bond donors (Lipinski definition) is 1. The van der Waals surface area contributed by atoms with E-state index in [2.05, 4.69) is 27.3 Å². The standard InChI is InChI=1S/C13H19N5/c1-3-12-10-13(17-11(2)16-12)14-6-4-8-18-9-5-7-15-18/h5,7,9-10H,3-4,6,8H2,1-2H3,(H,14,16,17). The molecule has 2 rings (SSSR count). The number of anilines is 1. The third-order valence-corrected chi connectivity index (χ3v) is 2.68. The van der Waals surface area contributed by atoms with E-state index in [-0.39, 0.29) is 0 Å². The number of hydrogen-bond acceptors (Lipinski definition) is 4. The van der Waals surface area contributed by atoms with Gasteiger partial charge in [-0.2, -0.15) is 5.10 Å². The molecule has 0 radical (unpaired) electrons. The van der Waals surface area contributed by atoms with Crippen LogP contribution in [-0.2, 0) is 13.0 Å². The topological polar surface area (TPSA) is 55.6 Å². The lowest BCUT2D eigenvalue weighted by atomic mass is 10.3. The Morgan fingerprint density at radius 3 is 2.94 bits per heavy atom. The van der Waals surface area contributed by atoms with Gasteiger partial charge < -0.3 is 5.32 Å². The molecule has 0 saturated heterocycles. The fraction of sp³-hybridized carbons (Fsp3) is 0.462. The van der Waals surface area contributed by atoms with E-state index in [1.165, 1.54) is 0 Å². The number of aromatic nitrogens is 4. The maximum Gasteiger partial charge on any atom is 0.129 e. The highest BCUT2D eigenvalue weighted by atomic mass is 15.3. The first-order valence-electron chi connectivity index (χ1n) is 6.34. The minimum Gasteiger partial charge on any atom is -0.370 e. The first-order chi connectivity index (χ1) is 8.78. The summed E-state index contributed by atoms with van der Waals surface area (Å²) in [6.45, 7) is 5.83. The molecule has 0 aliphatic carbocycles. The van der Waals surface area contributed by atoms with E-state index >= 15 is 0 Å². The molecule has 2 heterocycles. The Hall–Kier alpha value is -1.91. The number of aryl methyl sites for hydroxylation is 3. The summed E-state index contributed by atoms with van der Waals surface area (Å²) >= 11 is 0. The van der Waals surface area contributed by atoms with Crippen LogP contribution in [0.25, 0.3) is 0 Å². The van der Waals surface area contributed by atoms with E-state index in [0.717, 1.165) is 43.3 Å². The van der Waals surface area contributed by atoms with Gasteiger partial charge in [0, 0.05) is 37.2 Å². The normalized spacial score (nSPS) is 10.6. The molecular weight excluding hydrogens is 226 g/mol. The Labute approximate surface area is 107 Å². The number of nitrogens with zero attached hydrogens (tertiary/aromatic N) is 4. The summed E-state index contributed by atoms with van der Waals surface area (Å²) in [6.07, 6.45) is 5.73. The second-order valence-electron chi connectivity index (χ2n) is 4.19. The van der Waals surface area contributed by atoms with E-state index in [4.69, 9.17) is 0 Å². The first kappa shape index (κ1) is 12.5. The van der Waals surface area contributed by atoms with Crippen molar-refractivity contribution in [2.45, 2.75) is 33.2 Å². The summed E-state index contributed by atoms with van der Waals surface area (Å²) in [4.78, 5) is 8.73. The first-order valence-corrected chi connectivity index (χ1v) is 6.34. The molecule has 0 aromatic carbocycles. The van der Waals surface area contributed by atoms with Crippen molar-refractivity contribution in [2.24, 2.45) is 0 Å². The van der Waals surface area contributed by atoms with E-state index < -0.39 is 0 Å². The average molecular weight is 245 g/mol. The van der Waals surface area contributed by atoms with E-state index in [9.17, 15) is 0 Å². The Bertz CT molecular complexity index is 478. The average Bonchev–Trinajstić information content (AvgIpc) is 2.87. The van der Waals surface area contributed by atoms with E-state index in [0.29, 0.717) is 0 Å². The van der Waals surface area contributed by atoms with Gasteiger partial charge in [0.15, 0.2) is 0 Å². The highest BCUT2D eigenvalue weighted by Gasteiger charge is 1.99. The van der Waals surface area contributed by atoms with Crippen LogP contribution >= 0.6 is 0 Å². The monoisotopic (exact) mass is 245 g/mol. The molecule has 0 saturated carbocycles. The summed E-state index contributed by atoms with van der Waals surface area (Å²) in [5, 5.41) is 7.50. The highest BCUT2D eigenvalue weighted by Crippen LogP contribution is 2.07. The Balaban J connectivity index is 1.81. The zero-order chi connectivity index (χ0) is 12.8. The van der Waals surface area contributed by atoms with Gasteiger partial charge in [0.25, 0.3) is 0 Å². The van der Waals surface area contributed by atoms with Crippen LogP contribution in [-0.4, -0.2) is 26.3 Å². The van der Waals surface area contributed by atoms with Crippen molar-refractivity contribution in [3.05, 3.63) is 36.0 Å². The Morgan fingerprint density at radius 2 is 2.22 bits per heavy atom. The van der Waals surface area contributed by atoms with Crippen molar-refractivity contribution in [1.82, 2.24) is 19.7 Å². The fourth-order valence-electron chi connectivity index (χ4n) is 1.79. The summed E-state index contributed by atoms with van der Waals surface area (Å²) in [6, 6.07) is 3.95. The molecule has 0 aliphatic rings. The van der Waals surface area contributed by atoms with Crippen LogP contribution in [0.4, 0.5) is 5.82 Å². The lowest BCUT2D eigenvalue weighted by Gasteiger charge is -2.08. The molecule has 18 heavy (non-hydrogen) atoms. The minimum atomic E-state index is 0.823. The summed E-state index contributed by atoms with van der Waals surface area (Å²) in [7, 11) is 0. The third-order valence-electron chi connectivity index (χ3n) is 2.68. The minimum absolute atomic E-state index is 0.823. The van der Waals surface area contributed by atoms with E-state index in [1.54, 1.807) is 6.20 Å². The molecule has 5 heteroatoms. The van der Waals surface area contributed by atoms with Gasteiger partial charge in [0.1, 0.15) is 11.6 Å². The zero-order valence-electron chi connectivity index (χ0n) is 10.9. The van der Waals surface area contributed by atoms with Gasteiger partial charge in [-0.3, -0.25) is 4.68 Å². The maximum absolute atomic E-state index is 4.37. The SMILES string of the molecule is CCc1cc(NCCCn2cccn2)nc(C)n1. The van der Waals surface area contributed by atoms with Crippen LogP contribution in [0, 0.1) is 6.92 Å². The highest BCUT2D eigenvalue weighted by molar-refractivity contribution is 5.35. The van der Waals surface area contributed by atoms with Crippen LogP contribution in [0.2, 0.25) is 0 Å².